The molecule has 3 N–H and O–H groups in total. The molecule has 1 heterocycles. The molecule has 110 valence electrons. The van der Waals surface area contributed by atoms with Crippen molar-refractivity contribution < 1.29 is 17.9 Å². The maximum absolute atomic E-state index is 12.0. The van der Waals surface area contributed by atoms with Crippen LogP contribution in [-0.2, 0) is 14.8 Å². The van der Waals surface area contributed by atoms with Gasteiger partial charge in [-0.05, 0) is 37.1 Å². The third-order valence-corrected chi connectivity index (χ3v) is 4.11. The number of amides is 1. The van der Waals surface area contributed by atoms with Gasteiger partial charge in [0.1, 0.15) is 0 Å². The van der Waals surface area contributed by atoms with Gasteiger partial charge in [0, 0.05) is 24.6 Å². The van der Waals surface area contributed by atoms with Crippen LogP contribution < -0.4 is 10.5 Å². The first-order chi connectivity index (χ1) is 9.36. The predicted octanol–water partition coefficient (Wildman–Crippen LogP) is 0.409. The molecule has 1 aromatic carbocycles. The van der Waals surface area contributed by atoms with E-state index in [1.807, 2.05) is 0 Å². The largest absolute Gasteiger partial charge is 0.381 e. The second kappa shape index (κ2) is 5.90. The topological polar surface area (TPSA) is 98.5 Å². The Morgan fingerprint density at radius 3 is 2.80 bits per heavy atom. The van der Waals surface area contributed by atoms with Crippen molar-refractivity contribution in [2.24, 2.45) is 11.1 Å². The van der Waals surface area contributed by atoms with E-state index in [4.69, 9.17) is 9.88 Å². The lowest BCUT2D eigenvalue weighted by Gasteiger charge is -2.10. The van der Waals surface area contributed by atoms with Crippen molar-refractivity contribution in [2.45, 2.75) is 18.2 Å². The van der Waals surface area contributed by atoms with Crippen molar-refractivity contribution in [1.29, 1.82) is 0 Å². The van der Waals surface area contributed by atoms with Crippen LogP contribution in [0.15, 0.2) is 23.1 Å². The van der Waals surface area contributed by atoms with Gasteiger partial charge in [0.2, 0.25) is 10.0 Å². The van der Waals surface area contributed by atoms with Crippen LogP contribution in [0.5, 0.6) is 0 Å². The molecule has 6 nitrogen and oxygen atoms in total. The summed E-state index contributed by atoms with van der Waals surface area (Å²) in [5.74, 6) is 0.0203. The number of primary sulfonamides is 1. The summed E-state index contributed by atoms with van der Waals surface area (Å²) < 4.78 is 27.9. The predicted molar refractivity (Wildman–Crippen MR) is 73.8 cm³/mol. The molecule has 1 saturated heterocycles. The Hall–Kier alpha value is -1.44. The Bertz CT molecular complexity index is 607. The Morgan fingerprint density at radius 1 is 1.45 bits per heavy atom. The molecular formula is C13H18N2O4S. The van der Waals surface area contributed by atoms with E-state index in [0.29, 0.717) is 30.2 Å². The number of carbonyl (C=O) groups excluding carboxylic acids is 1. The fourth-order valence-corrected chi connectivity index (χ4v) is 2.77. The van der Waals surface area contributed by atoms with Crippen LogP contribution >= 0.6 is 0 Å². The van der Waals surface area contributed by atoms with Crippen LogP contribution in [0.2, 0.25) is 0 Å². The smallest absolute Gasteiger partial charge is 0.251 e. The minimum atomic E-state index is -3.81. The number of hydrogen-bond acceptors (Lipinski definition) is 4. The lowest BCUT2D eigenvalue weighted by atomic mass is 10.1. The van der Waals surface area contributed by atoms with E-state index in [9.17, 15) is 13.2 Å². The summed E-state index contributed by atoms with van der Waals surface area (Å²) in [6.07, 6.45) is 0.927. The first kappa shape index (κ1) is 15.0. The van der Waals surface area contributed by atoms with Crippen LogP contribution in [0.4, 0.5) is 0 Å². The number of nitrogens with one attached hydrogen (secondary N) is 1. The fraction of sp³-hybridized carbons (Fsp3) is 0.462. The van der Waals surface area contributed by atoms with Gasteiger partial charge in [-0.15, -0.1) is 0 Å². The number of sulfonamides is 1. The summed E-state index contributed by atoms with van der Waals surface area (Å²) >= 11 is 0. The normalized spacial score (nSPS) is 19.0. The Balaban J connectivity index is 2.11. The van der Waals surface area contributed by atoms with Gasteiger partial charge in [-0.2, -0.15) is 0 Å². The number of aryl methyl sites for hydroxylation is 1. The third kappa shape index (κ3) is 3.78. The molecule has 0 aliphatic carbocycles. The average Bonchev–Trinajstić information content (AvgIpc) is 2.87. The molecule has 1 aliphatic rings. The van der Waals surface area contributed by atoms with Gasteiger partial charge in [0.25, 0.3) is 5.91 Å². The number of rotatable bonds is 4. The number of carbonyl (C=O) groups is 1. The monoisotopic (exact) mass is 298 g/mol. The highest BCUT2D eigenvalue weighted by Gasteiger charge is 2.18. The molecule has 2 rings (SSSR count). The van der Waals surface area contributed by atoms with Crippen molar-refractivity contribution in [1.82, 2.24) is 5.32 Å². The van der Waals surface area contributed by atoms with E-state index in [1.165, 1.54) is 12.1 Å². The van der Waals surface area contributed by atoms with Crippen molar-refractivity contribution >= 4 is 15.9 Å². The van der Waals surface area contributed by atoms with Crippen LogP contribution in [0, 0.1) is 12.8 Å². The van der Waals surface area contributed by atoms with Crippen molar-refractivity contribution in [3.05, 3.63) is 29.3 Å². The molecule has 1 aromatic rings. The van der Waals surface area contributed by atoms with Gasteiger partial charge in [-0.3, -0.25) is 4.79 Å². The lowest BCUT2D eigenvalue weighted by molar-refractivity contribution is 0.0944. The van der Waals surface area contributed by atoms with E-state index in [0.717, 1.165) is 13.0 Å². The molecule has 0 saturated carbocycles. The first-order valence-corrected chi connectivity index (χ1v) is 7.91. The number of ether oxygens (including phenoxy) is 1. The van der Waals surface area contributed by atoms with Crippen molar-refractivity contribution in [3.8, 4) is 0 Å². The van der Waals surface area contributed by atoms with Gasteiger partial charge in [0.15, 0.2) is 0 Å². The highest BCUT2D eigenvalue weighted by molar-refractivity contribution is 7.89. The minimum absolute atomic E-state index is 0.0492. The van der Waals surface area contributed by atoms with Crippen molar-refractivity contribution in [3.63, 3.8) is 0 Å². The summed E-state index contributed by atoms with van der Waals surface area (Å²) in [6.45, 7) is 3.62. The lowest BCUT2D eigenvalue weighted by Crippen LogP contribution is -2.29. The Morgan fingerprint density at radius 2 is 2.20 bits per heavy atom. The third-order valence-electron chi connectivity index (χ3n) is 3.22. The van der Waals surface area contributed by atoms with E-state index in [2.05, 4.69) is 5.32 Å². The summed E-state index contributed by atoms with van der Waals surface area (Å²) in [5.41, 5.74) is 0.971. The van der Waals surface area contributed by atoms with E-state index in [-0.39, 0.29) is 10.8 Å². The highest BCUT2D eigenvalue weighted by Crippen LogP contribution is 2.15. The highest BCUT2D eigenvalue weighted by atomic mass is 32.2. The molecule has 0 aromatic heterocycles. The molecule has 1 fully saturated rings. The van der Waals surface area contributed by atoms with Gasteiger partial charge in [0.05, 0.1) is 11.5 Å². The van der Waals surface area contributed by atoms with Gasteiger partial charge in [-0.1, -0.05) is 0 Å². The first-order valence-electron chi connectivity index (χ1n) is 6.36. The van der Waals surface area contributed by atoms with E-state index >= 15 is 0 Å². The standard InChI is InChI=1S/C13H18N2O4S/c1-9-4-11(6-12(5-9)20(14,17)18)13(16)15-7-10-2-3-19-8-10/h4-6,10H,2-3,7-8H2,1H3,(H,15,16)(H2,14,17,18). The van der Waals surface area contributed by atoms with E-state index in [1.54, 1.807) is 13.0 Å². The SMILES string of the molecule is Cc1cc(C(=O)NCC2CCOC2)cc(S(N)(=O)=O)c1. The molecule has 20 heavy (non-hydrogen) atoms. The van der Waals surface area contributed by atoms with Crippen LogP contribution in [-0.4, -0.2) is 34.1 Å². The molecule has 7 heteroatoms. The zero-order valence-corrected chi connectivity index (χ0v) is 12.1. The molecule has 0 spiro atoms. The van der Waals surface area contributed by atoms with Gasteiger partial charge >= 0.3 is 0 Å². The second-order valence-electron chi connectivity index (χ2n) is 5.02. The van der Waals surface area contributed by atoms with Gasteiger partial charge < -0.3 is 10.1 Å². The summed E-state index contributed by atoms with van der Waals surface area (Å²) in [5, 5.41) is 7.88. The van der Waals surface area contributed by atoms with Crippen LogP contribution in [0.1, 0.15) is 22.3 Å². The molecule has 1 unspecified atom stereocenters. The summed E-state index contributed by atoms with van der Waals surface area (Å²) in [6, 6.07) is 4.37. The number of nitrogens with two attached hydrogens (primary N) is 1. The van der Waals surface area contributed by atoms with Crippen LogP contribution in [0.25, 0.3) is 0 Å². The quantitative estimate of drug-likeness (QED) is 0.841. The Kier molecular flexibility index (Phi) is 4.42. The summed E-state index contributed by atoms with van der Waals surface area (Å²) in [4.78, 5) is 12.0. The molecular weight excluding hydrogens is 280 g/mol. The zero-order valence-electron chi connectivity index (χ0n) is 11.3. The minimum Gasteiger partial charge on any atom is -0.381 e. The average molecular weight is 298 g/mol. The Labute approximate surface area is 118 Å². The molecule has 0 bridgehead atoms. The van der Waals surface area contributed by atoms with Crippen molar-refractivity contribution in [2.75, 3.05) is 19.8 Å². The maximum Gasteiger partial charge on any atom is 0.251 e. The number of benzene rings is 1. The van der Waals surface area contributed by atoms with E-state index < -0.39 is 10.0 Å². The second-order valence-corrected chi connectivity index (χ2v) is 6.58. The molecule has 1 atom stereocenters. The maximum atomic E-state index is 12.0. The summed E-state index contributed by atoms with van der Waals surface area (Å²) in [7, 11) is -3.81. The molecule has 1 amide bonds. The number of hydrogen-bond donors (Lipinski definition) is 2. The zero-order chi connectivity index (χ0) is 14.8. The molecule has 0 radical (unpaired) electrons. The molecule has 1 aliphatic heterocycles. The van der Waals surface area contributed by atoms with Gasteiger partial charge in [-0.25, -0.2) is 13.6 Å². The van der Waals surface area contributed by atoms with Crippen LogP contribution in [0.3, 0.4) is 0 Å². The fourth-order valence-electron chi connectivity index (χ4n) is 2.13.